The fourth-order valence-electron chi connectivity index (χ4n) is 2.69. The number of benzene rings is 1. The molecule has 3 nitrogen and oxygen atoms in total. The summed E-state index contributed by atoms with van der Waals surface area (Å²) in [6.07, 6.45) is 9.62. The van der Waals surface area contributed by atoms with Gasteiger partial charge >= 0.3 is 5.97 Å². The predicted molar refractivity (Wildman–Crippen MR) is 113 cm³/mol. The van der Waals surface area contributed by atoms with Gasteiger partial charge in [0, 0.05) is 0 Å². The van der Waals surface area contributed by atoms with Crippen molar-refractivity contribution in [1.29, 1.82) is 0 Å². The first-order chi connectivity index (χ1) is 12.7. The Morgan fingerprint density at radius 2 is 1.52 bits per heavy atom. The maximum atomic E-state index is 12.2. The standard InChI is InChI=1S/C24H34O3/c1-7-27-24(26)22-15-20(13-11-18(4)5)23(25)21(16-22)14-12-19(6)10-8-9-17(2)3/h9,11-12,15-16,25H,7-8,10,13-14H2,1-6H3/b19-12+. The zero-order chi connectivity index (χ0) is 20.4. The van der Waals surface area contributed by atoms with Crippen LogP contribution in [0.3, 0.4) is 0 Å². The van der Waals surface area contributed by atoms with Crippen LogP contribution in [-0.2, 0) is 17.6 Å². The van der Waals surface area contributed by atoms with Crippen molar-refractivity contribution >= 4 is 5.97 Å². The summed E-state index contributed by atoms with van der Waals surface area (Å²) in [5, 5.41) is 10.7. The highest BCUT2D eigenvalue weighted by Crippen LogP contribution is 2.27. The van der Waals surface area contributed by atoms with Gasteiger partial charge in [-0.05, 0) is 90.5 Å². The molecule has 148 valence electrons. The number of phenols is 1. The SMILES string of the molecule is CCOC(=O)c1cc(CC=C(C)C)c(O)c(C/C=C(\C)CCC=C(C)C)c1. The Morgan fingerprint density at radius 3 is 2.04 bits per heavy atom. The molecule has 0 bridgehead atoms. The van der Waals surface area contributed by atoms with Gasteiger partial charge in [-0.2, -0.15) is 0 Å². The number of ether oxygens (including phenoxy) is 1. The molecule has 0 aliphatic heterocycles. The summed E-state index contributed by atoms with van der Waals surface area (Å²) in [6.45, 7) is 12.5. The molecule has 0 saturated heterocycles. The summed E-state index contributed by atoms with van der Waals surface area (Å²) in [7, 11) is 0. The number of allylic oxidation sites excluding steroid dienone is 6. The summed E-state index contributed by atoms with van der Waals surface area (Å²) in [5.74, 6) is -0.0737. The van der Waals surface area contributed by atoms with Gasteiger partial charge in [-0.25, -0.2) is 4.79 Å². The second kappa shape index (κ2) is 11.4. The van der Waals surface area contributed by atoms with Gasteiger partial charge in [-0.3, -0.25) is 0 Å². The van der Waals surface area contributed by atoms with E-state index in [2.05, 4.69) is 32.9 Å². The van der Waals surface area contributed by atoms with Gasteiger partial charge in [-0.15, -0.1) is 0 Å². The maximum Gasteiger partial charge on any atom is 0.338 e. The average Bonchev–Trinajstić information content (AvgIpc) is 2.59. The summed E-state index contributed by atoms with van der Waals surface area (Å²) >= 11 is 0. The van der Waals surface area contributed by atoms with Gasteiger partial charge in [-0.1, -0.05) is 34.9 Å². The molecule has 0 saturated carbocycles. The molecule has 0 atom stereocenters. The first kappa shape index (κ1) is 22.8. The number of rotatable bonds is 9. The molecular formula is C24H34O3. The molecule has 1 rings (SSSR count). The lowest BCUT2D eigenvalue weighted by molar-refractivity contribution is 0.0526. The van der Waals surface area contributed by atoms with Crippen LogP contribution in [0.2, 0.25) is 0 Å². The molecule has 0 radical (unpaired) electrons. The van der Waals surface area contributed by atoms with E-state index in [9.17, 15) is 9.90 Å². The molecule has 0 aliphatic carbocycles. The summed E-state index contributed by atoms with van der Waals surface area (Å²) in [4.78, 5) is 12.2. The van der Waals surface area contributed by atoms with E-state index in [1.807, 2.05) is 19.9 Å². The topological polar surface area (TPSA) is 46.5 Å². The molecule has 27 heavy (non-hydrogen) atoms. The Labute approximate surface area is 164 Å². The summed E-state index contributed by atoms with van der Waals surface area (Å²) in [6, 6.07) is 3.49. The Kier molecular flexibility index (Phi) is 9.63. The molecule has 1 aromatic carbocycles. The van der Waals surface area contributed by atoms with E-state index in [0.29, 0.717) is 25.0 Å². The zero-order valence-corrected chi connectivity index (χ0v) is 17.7. The Balaban J connectivity index is 3.10. The number of esters is 1. The Hall–Kier alpha value is -2.29. The van der Waals surface area contributed by atoms with E-state index in [1.54, 1.807) is 19.1 Å². The van der Waals surface area contributed by atoms with Crippen LogP contribution in [0.15, 0.2) is 47.1 Å². The number of hydrogen-bond donors (Lipinski definition) is 1. The molecule has 0 spiro atoms. The second-order valence-electron chi connectivity index (χ2n) is 7.42. The van der Waals surface area contributed by atoms with E-state index < -0.39 is 0 Å². The number of aromatic hydroxyl groups is 1. The van der Waals surface area contributed by atoms with Crippen LogP contribution >= 0.6 is 0 Å². The van der Waals surface area contributed by atoms with Crippen LogP contribution in [0, 0.1) is 0 Å². The predicted octanol–water partition coefficient (Wildman–Crippen LogP) is 6.31. The lowest BCUT2D eigenvalue weighted by Crippen LogP contribution is -2.06. The number of carbonyl (C=O) groups excluding carboxylic acids is 1. The van der Waals surface area contributed by atoms with Crippen molar-refractivity contribution in [3.05, 3.63) is 63.8 Å². The van der Waals surface area contributed by atoms with Gasteiger partial charge in [0.1, 0.15) is 5.75 Å². The van der Waals surface area contributed by atoms with Gasteiger partial charge in [0.25, 0.3) is 0 Å². The second-order valence-corrected chi connectivity index (χ2v) is 7.42. The molecule has 0 aromatic heterocycles. The van der Waals surface area contributed by atoms with Crippen LogP contribution in [0.5, 0.6) is 5.75 Å². The molecular weight excluding hydrogens is 336 g/mol. The quantitative estimate of drug-likeness (QED) is 0.409. The van der Waals surface area contributed by atoms with Crippen LogP contribution in [0.1, 0.15) is 75.9 Å². The molecule has 0 fully saturated rings. The van der Waals surface area contributed by atoms with Crippen molar-refractivity contribution in [3.63, 3.8) is 0 Å². The third-order valence-electron chi connectivity index (χ3n) is 4.27. The van der Waals surface area contributed by atoms with Crippen LogP contribution in [0.4, 0.5) is 0 Å². The minimum absolute atomic E-state index is 0.272. The zero-order valence-electron chi connectivity index (χ0n) is 17.7. The third-order valence-corrected chi connectivity index (χ3v) is 4.27. The number of carbonyl (C=O) groups is 1. The van der Waals surface area contributed by atoms with Crippen molar-refractivity contribution < 1.29 is 14.6 Å². The number of hydrogen-bond acceptors (Lipinski definition) is 3. The molecule has 3 heteroatoms. The minimum atomic E-state index is -0.346. The molecule has 0 amide bonds. The lowest BCUT2D eigenvalue weighted by Gasteiger charge is -2.12. The van der Waals surface area contributed by atoms with Crippen LogP contribution in [0.25, 0.3) is 0 Å². The highest BCUT2D eigenvalue weighted by molar-refractivity contribution is 5.90. The van der Waals surface area contributed by atoms with Gasteiger partial charge < -0.3 is 9.84 Å². The van der Waals surface area contributed by atoms with Crippen molar-refractivity contribution in [2.75, 3.05) is 6.61 Å². The first-order valence-electron chi connectivity index (χ1n) is 9.68. The molecule has 1 aromatic rings. The molecule has 1 N–H and O–H groups in total. The normalized spacial score (nSPS) is 11.1. The Morgan fingerprint density at radius 1 is 0.963 bits per heavy atom. The average molecular weight is 371 g/mol. The smallest absolute Gasteiger partial charge is 0.338 e. The lowest BCUT2D eigenvalue weighted by atomic mass is 9.98. The van der Waals surface area contributed by atoms with Crippen molar-refractivity contribution in [1.82, 2.24) is 0 Å². The largest absolute Gasteiger partial charge is 0.507 e. The summed E-state index contributed by atoms with van der Waals surface area (Å²) < 4.78 is 5.15. The monoisotopic (exact) mass is 370 g/mol. The number of phenolic OH excluding ortho intramolecular Hbond substituents is 1. The molecule has 0 unspecified atom stereocenters. The third kappa shape index (κ3) is 8.29. The fraction of sp³-hybridized carbons (Fsp3) is 0.458. The van der Waals surface area contributed by atoms with Crippen molar-refractivity contribution in [2.45, 2.75) is 67.2 Å². The van der Waals surface area contributed by atoms with Crippen molar-refractivity contribution in [2.24, 2.45) is 0 Å². The molecule has 0 aliphatic rings. The van der Waals surface area contributed by atoms with Gasteiger partial charge in [0.2, 0.25) is 0 Å². The highest BCUT2D eigenvalue weighted by atomic mass is 16.5. The molecule has 0 heterocycles. The highest BCUT2D eigenvalue weighted by Gasteiger charge is 2.14. The van der Waals surface area contributed by atoms with Crippen LogP contribution < -0.4 is 0 Å². The Bertz CT molecular complexity index is 728. The van der Waals surface area contributed by atoms with Crippen LogP contribution in [-0.4, -0.2) is 17.7 Å². The van der Waals surface area contributed by atoms with Gasteiger partial charge in [0.05, 0.1) is 12.2 Å². The van der Waals surface area contributed by atoms with E-state index in [4.69, 9.17) is 4.74 Å². The van der Waals surface area contributed by atoms with E-state index in [0.717, 1.165) is 24.0 Å². The fourth-order valence-corrected chi connectivity index (χ4v) is 2.69. The van der Waals surface area contributed by atoms with Gasteiger partial charge in [0.15, 0.2) is 0 Å². The van der Waals surface area contributed by atoms with E-state index in [1.165, 1.54) is 16.7 Å². The minimum Gasteiger partial charge on any atom is -0.507 e. The van der Waals surface area contributed by atoms with E-state index in [-0.39, 0.29) is 11.7 Å². The first-order valence-corrected chi connectivity index (χ1v) is 9.68. The van der Waals surface area contributed by atoms with Crippen molar-refractivity contribution in [3.8, 4) is 5.75 Å². The van der Waals surface area contributed by atoms with E-state index >= 15 is 0 Å². The summed E-state index contributed by atoms with van der Waals surface area (Å²) in [5.41, 5.74) is 5.79. The maximum absolute atomic E-state index is 12.2.